The SMILES string of the molecule is Cc1ccc(C2=C(SCc3ccccc3)C(=O)N(c3ccc4c(c3)OCO4)C2=O)c(C)c1. The molecule has 0 radical (unpaired) electrons. The number of aryl methyl sites for hydroxylation is 2. The van der Waals surface area contributed by atoms with Gasteiger partial charge in [0.05, 0.1) is 16.2 Å². The lowest BCUT2D eigenvalue weighted by Gasteiger charge is -2.16. The van der Waals surface area contributed by atoms with Gasteiger partial charge in [0.15, 0.2) is 11.5 Å². The third-order valence-electron chi connectivity index (χ3n) is 5.53. The average Bonchev–Trinajstić information content (AvgIpc) is 3.35. The first-order valence-corrected chi connectivity index (χ1v) is 11.3. The summed E-state index contributed by atoms with van der Waals surface area (Å²) in [6.07, 6.45) is 0. The highest BCUT2D eigenvalue weighted by Gasteiger charge is 2.41. The summed E-state index contributed by atoms with van der Waals surface area (Å²) >= 11 is 1.40. The van der Waals surface area contributed by atoms with E-state index in [1.165, 1.54) is 16.7 Å². The number of hydrogen-bond acceptors (Lipinski definition) is 5. The number of nitrogens with zero attached hydrogens (tertiary/aromatic N) is 1. The minimum absolute atomic E-state index is 0.130. The van der Waals surface area contributed by atoms with Crippen LogP contribution in [0.15, 0.2) is 71.6 Å². The van der Waals surface area contributed by atoms with Gasteiger partial charge in [-0.2, -0.15) is 0 Å². The van der Waals surface area contributed by atoms with Crippen LogP contribution in [0.3, 0.4) is 0 Å². The molecule has 160 valence electrons. The van der Waals surface area contributed by atoms with Crippen LogP contribution in [0.5, 0.6) is 11.5 Å². The molecule has 0 unspecified atom stereocenters. The lowest BCUT2D eigenvalue weighted by Crippen LogP contribution is -2.31. The maximum Gasteiger partial charge on any atom is 0.272 e. The first kappa shape index (κ1) is 20.4. The Bertz CT molecular complexity index is 1270. The molecular formula is C26H21NO4S. The molecule has 5 rings (SSSR count). The molecule has 3 aromatic carbocycles. The molecule has 0 saturated carbocycles. The largest absolute Gasteiger partial charge is 0.454 e. The highest BCUT2D eigenvalue weighted by molar-refractivity contribution is 8.03. The first-order chi connectivity index (χ1) is 15.5. The van der Waals surface area contributed by atoms with Gasteiger partial charge in [-0.15, -0.1) is 11.8 Å². The van der Waals surface area contributed by atoms with E-state index in [0.717, 1.165) is 22.3 Å². The zero-order valence-corrected chi connectivity index (χ0v) is 18.6. The maximum atomic E-state index is 13.6. The van der Waals surface area contributed by atoms with Crippen molar-refractivity contribution in [3.8, 4) is 11.5 Å². The second kappa shape index (κ2) is 8.20. The summed E-state index contributed by atoms with van der Waals surface area (Å²) in [5, 5.41) is 0. The summed E-state index contributed by atoms with van der Waals surface area (Å²) in [5.41, 5.74) is 4.87. The van der Waals surface area contributed by atoms with Crippen LogP contribution in [0.25, 0.3) is 5.57 Å². The third-order valence-corrected chi connectivity index (χ3v) is 6.68. The van der Waals surface area contributed by atoms with Crippen molar-refractivity contribution in [2.45, 2.75) is 19.6 Å². The van der Waals surface area contributed by atoms with Crippen LogP contribution in [0, 0.1) is 13.8 Å². The number of thioether (sulfide) groups is 1. The van der Waals surface area contributed by atoms with E-state index in [2.05, 4.69) is 0 Å². The van der Waals surface area contributed by atoms with Gasteiger partial charge in [0, 0.05) is 11.8 Å². The maximum absolute atomic E-state index is 13.6. The van der Waals surface area contributed by atoms with Gasteiger partial charge in [0.1, 0.15) is 0 Å². The summed E-state index contributed by atoms with van der Waals surface area (Å²) in [4.78, 5) is 28.9. The van der Waals surface area contributed by atoms with Crippen LogP contribution in [0.1, 0.15) is 22.3 Å². The van der Waals surface area contributed by atoms with Gasteiger partial charge in [-0.25, -0.2) is 4.90 Å². The van der Waals surface area contributed by atoms with Gasteiger partial charge >= 0.3 is 0 Å². The van der Waals surface area contributed by atoms with Gasteiger partial charge in [-0.05, 0) is 42.7 Å². The van der Waals surface area contributed by atoms with Crippen molar-refractivity contribution in [3.05, 3.63) is 93.9 Å². The Morgan fingerprint density at radius 1 is 0.875 bits per heavy atom. The average molecular weight is 444 g/mol. The fourth-order valence-electron chi connectivity index (χ4n) is 3.96. The molecule has 0 atom stereocenters. The molecule has 0 aromatic heterocycles. The number of imide groups is 1. The number of rotatable bonds is 5. The summed E-state index contributed by atoms with van der Waals surface area (Å²) < 4.78 is 10.8. The lowest BCUT2D eigenvalue weighted by atomic mass is 9.99. The quantitative estimate of drug-likeness (QED) is 0.504. The normalized spacial score (nSPS) is 15.1. The molecule has 0 fully saturated rings. The summed E-state index contributed by atoms with van der Waals surface area (Å²) in [6.45, 7) is 4.11. The van der Waals surface area contributed by atoms with Crippen molar-refractivity contribution in [3.63, 3.8) is 0 Å². The molecule has 0 bridgehead atoms. The van der Waals surface area contributed by atoms with Crippen LogP contribution in [-0.2, 0) is 15.3 Å². The molecule has 3 aromatic rings. The predicted octanol–water partition coefficient (Wildman–Crippen LogP) is 5.25. The number of hydrogen-bond donors (Lipinski definition) is 0. The molecule has 5 nitrogen and oxygen atoms in total. The van der Waals surface area contributed by atoms with E-state index in [4.69, 9.17) is 9.47 Å². The van der Waals surface area contributed by atoms with Crippen molar-refractivity contribution in [2.24, 2.45) is 0 Å². The van der Waals surface area contributed by atoms with Crippen molar-refractivity contribution in [2.75, 3.05) is 11.7 Å². The van der Waals surface area contributed by atoms with E-state index in [1.807, 2.05) is 62.4 Å². The zero-order chi connectivity index (χ0) is 22.2. The molecule has 0 aliphatic carbocycles. The number of benzene rings is 3. The lowest BCUT2D eigenvalue weighted by molar-refractivity contribution is -0.119. The molecule has 2 aliphatic rings. The number of fused-ring (bicyclic) bond motifs is 1. The molecule has 2 aliphatic heterocycles. The van der Waals surface area contributed by atoms with Gasteiger partial charge < -0.3 is 9.47 Å². The Morgan fingerprint density at radius 2 is 1.66 bits per heavy atom. The molecule has 2 heterocycles. The summed E-state index contributed by atoms with van der Waals surface area (Å²) in [5.74, 6) is 1.09. The van der Waals surface area contributed by atoms with Crippen molar-refractivity contribution in [1.29, 1.82) is 0 Å². The second-order valence-electron chi connectivity index (χ2n) is 7.78. The van der Waals surface area contributed by atoms with Gasteiger partial charge in [0.2, 0.25) is 6.79 Å². The predicted molar refractivity (Wildman–Crippen MR) is 126 cm³/mol. The molecule has 0 saturated heterocycles. The van der Waals surface area contributed by atoms with E-state index >= 15 is 0 Å². The fourth-order valence-corrected chi connectivity index (χ4v) is 5.02. The van der Waals surface area contributed by atoms with E-state index in [1.54, 1.807) is 18.2 Å². The van der Waals surface area contributed by atoms with Crippen molar-refractivity contribution in [1.82, 2.24) is 0 Å². The Labute approximate surface area is 190 Å². The van der Waals surface area contributed by atoms with Gasteiger partial charge in [-0.3, -0.25) is 9.59 Å². The van der Waals surface area contributed by atoms with E-state index in [-0.39, 0.29) is 18.6 Å². The van der Waals surface area contributed by atoms with E-state index < -0.39 is 0 Å². The monoisotopic (exact) mass is 443 g/mol. The van der Waals surface area contributed by atoms with Crippen molar-refractivity contribution >= 4 is 34.8 Å². The van der Waals surface area contributed by atoms with Crippen LogP contribution in [0.2, 0.25) is 0 Å². The zero-order valence-electron chi connectivity index (χ0n) is 17.8. The third kappa shape index (κ3) is 3.56. The van der Waals surface area contributed by atoms with Gasteiger partial charge in [-0.1, -0.05) is 54.1 Å². The van der Waals surface area contributed by atoms with Crippen LogP contribution in [-0.4, -0.2) is 18.6 Å². The van der Waals surface area contributed by atoms with Crippen molar-refractivity contribution < 1.29 is 19.1 Å². The fraction of sp³-hybridized carbons (Fsp3) is 0.154. The number of amides is 2. The Hall–Kier alpha value is -3.51. The van der Waals surface area contributed by atoms with Crippen LogP contribution >= 0.6 is 11.8 Å². The molecule has 0 spiro atoms. The molecule has 0 N–H and O–H groups in total. The number of carbonyl (C=O) groups excluding carboxylic acids is 2. The number of carbonyl (C=O) groups is 2. The van der Waals surface area contributed by atoms with Gasteiger partial charge in [0.25, 0.3) is 11.8 Å². The number of anilines is 1. The highest BCUT2D eigenvalue weighted by Crippen LogP contribution is 2.43. The molecule has 32 heavy (non-hydrogen) atoms. The molecular weight excluding hydrogens is 422 g/mol. The minimum Gasteiger partial charge on any atom is -0.454 e. The standard InChI is InChI=1S/C26H21NO4S/c1-16-8-10-20(17(2)12-16)23-24(32-14-18-6-4-3-5-7-18)26(29)27(25(23)28)19-9-11-21-22(13-19)31-15-30-21/h3-13H,14-15H2,1-2H3. The Balaban J connectivity index is 1.56. The van der Waals surface area contributed by atoms with Crippen LogP contribution in [0.4, 0.5) is 5.69 Å². The highest BCUT2D eigenvalue weighted by atomic mass is 32.2. The Kier molecular flexibility index (Phi) is 5.23. The first-order valence-electron chi connectivity index (χ1n) is 10.3. The minimum atomic E-state index is -0.323. The number of ether oxygens (including phenoxy) is 2. The summed E-state index contributed by atoms with van der Waals surface area (Å²) in [6, 6.07) is 21.0. The van der Waals surface area contributed by atoms with Crippen LogP contribution < -0.4 is 14.4 Å². The topological polar surface area (TPSA) is 55.8 Å². The molecule has 6 heteroatoms. The molecule has 2 amide bonds. The Morgan fingerprint density at radius 3 is 2.44 bits per heavy atom. The second-order valence-corrected chi connectivity index (χ2v) is 8.77. The summed E-state index contributed by atoms with van der Waals surface area (Å²) in [7, 11) is 0. The smallest absolute Gasteiger partial charge is 0.272 e. The van der Waals surface area contributed by atoms with E-state index in [9.17, 15) is 9.59 Å². The van der Waals surface area contributed by atoms with E-state index in [0.29, 0.717) is 33.4 Å².